The van der Waals surface area contributed by atoms with Gasteiger partial charge in [0.15, 0.2) is 0 Å². The Morgan fingerprint density at radius 3 is 1.50 bits per heavy atom. The molecule has 4 aromatic rings. The minimum absolute atomic E-state index is 0.130. The summed E-state index contributed by atoms with van der Waals surface area (Å²) < 4.78 is 2.13. The summed E-state index contributed by atoms with van der Waals surface area (Å²) >= 11 is 4.39. The van der Waals surface area contributed by atoms with Crippen molar-refractivity contribution in [3.63, 3.8) is 0 Å². The maximum atomic E-state index is 12.7. The Morgan fingerprint density at radius 2 is 1.06 bits per heavy atom. The molecule has 3 N–H and O–H groups in total. The first-order valence-corrected chi connectivity index (χ1v) is 19.8. The summed E-state index contributed by atoms with van der Waals surface area (Å²) in [4.78, 5) is 54.3. The van der Waals surface area contributed by atoms with Crippen molar-refractivity contribution in [2.45, 2.75) is 19.3 Å². The smallest absolute Gasteiger partial charge is 0.282 e. The number of nitrogens with one attached hydrogen (secondary N) is 3. The Hall–Kier alpha value is -4.74. The van der Waals surface area contributed by atoms with Crippen LogP contribution < -0.4 is 31.1 Å². The first-order chi connectivity index (χ1) is 26.0. The normalized spacial score (nSPS) is 17.0. The summed E-state index contributed by atoms with van der Waals surface area (Å²) in [5.74, 6) is -1.46. The summed E-state index contributed by atoms with van der Waals surface area (Å²) in [6.07, 6.45) is 6.80. The number of amides is 4. The minimum atomic E-state index is -0.394. The van der Waals surface area contributed by atoms with Crippen LogP contribution >= 0.6 is 45.2 Å². The van der Waals surface area contributed by atoms with Gasteiger partial charge < -0.3 is 15.1 Å². The van der Waals surface area contributed by atoms with Crippen molar-refractivity contribution in [2.75, 3.05) is 60.5 Å². The van der Waals surface area contributed by atoms with E-state index in [1.165, 1.54) is 28.5 Å². The van der Waals surface area contributed by atoms with Crippen LogP contribution in [0, 0.1) is 7.14 Å². The summed E-state index contributed by atoms with van der Waals surface area (Å²) in [6.45, 7) is 4.11. The molecule has 0 saturated carbocycles. The van der Waals surface area contributed by atoms with Crippen LogP contribution in [0.4, 0.5) is 22.7 Å². The lowest BCUT2D eigenvalue weighted by molar-refractivity contribution is -0.118. The summed E-state index contributed by atoms with van der Waals surface area (Å²) in [7, 11) is 4.12. The monoisotopic (exact) mass is 949 g/mol. The predicted octanol–water partition coefficient (Wildman–Crippen LogP) is 6.47. The zero-order chi connectivity index (χ0) is 38.2. The van der Waals surface area contributed by atoms with E-state index < -0.39 is 5.91 Å². The van der Waals surface area contributed by atoms with Crippen LogP contribution in [0.5, 0.6) is 0 Å². The summed E-state index contributed by atoms with van der Waals surface area (Å²) in [5, 5.41) is 5.95. The summed E-state index contributed by atoms with van der Waals surface area (Å²) in [6, 6.07) is 30.5. The van der Waals surface area contributed by atoms with Gasteiger partial charge in [-0.2, -0.15) is 0 Å². The Morgan fingerprint density at radius 1 is 0.630 bits per heavy atom. The van der Waals surface area contributed by atoms with E-state index in [1.54, 1.807) is 24.3 Å². The lowest BCUT2D eigenvalue weighted by Crippen LogP contribution is -2.35. The first kappa shape index (κ1) is 39.0. The van der Waals surface area contributed by atoms with Crippen molar-refractivity contribution >= 4 is 104 Å². The molecule has 54 heavy (non-hydrogen) atoms. The highest BCUT2D eigenvalue weighted by Crippen LogP contribution is 2.26. The number of carbonyl (C=O) groups is 4. The third kappa shape index (κ3) is 9.86. The van der Waals surface area contributed by atoms with Crippen LogP contribution in [0.1, 0.15) is 30.4 Å². The molecule has 3 aliphatic rings. The molecule has 0 radical (unpaired) electrons. The second-order valence-electron chi connectivity index (χ2n) is 13.2. The predicted molar refractivity (Wildman–Crippen MR) is 232 cm³/mol. The average Bonchev–Trinajstić information content (AvgIpc) is 3.88. The number of carbonyl (C=O) groups excluding carboxylic acids is 4. The van der Waals surface area contributed by atoms with E-state index in [4.69, 9.17) is 0 Å². The highest BCUT2D eigenvalue weighted by Gasteiger charge is 2.35. The molecular formula is C41H41I2N7O4. The number of hydrogen-bond acceptors (Lipinski definition) is 7. The van der Waals surface area contributed by atoms with Gasteiger partial charge in [0.25, 0.3) is 23.6 Å². The van der Waals surface area contributed by atoms with Gasteiger partial charge in [0.2, 0.25) is 0 Å². The van der Waals surface area contributed by atoms with E-state index in [1.807, 2.05) is 84.9 Å². The van der Waals surface area contributed by atoms with Gasteiger partial charge in [-0.1, -0.05) is 24.3 Å². The van der Waals surface area contributed by atoms with Gasteiger partial charge in [0.05, 0.1) is 11.4 Å². The molecule has 4 aromatic carbocycles. The van der Waals surface area contributed by atoms with Crippen molar-refractivity contribution in [3.05, 3.63) is 126 Å². The van der Waals surface area contributed by atoms with Crippen molar-refractivity contribution in [1.82, 2.24) is 15.8 Å². The Kier molecular flexibility index (Phi) is 13.0. The van der Waals surface area contributed by atoms with Gasteiger partial charge in [-0.15, -0.1) is 0 Å². The molecular weight excluding hydrogens is 908 g/mol. The fourth-order valence-corrected chi connectivity index (χ4v) is 6.79. The standard InChI is InChI=1S/C21H23IN4O2.C20H18IN3O2/c1-25(2)13-3-12-23-17-8-4-15(5-9-17)14-19-20(27)24-26(21(19)28)18-10-6-16(22)7-11-18;21-15-5-9-17(10-6-15)24-20(26)18(19(25)22-24)13-14-3-7-16(8-4-14)23-11-1-2-12-23/h4-11,14,23H,3,12-13H2,1-2H3,(H,24,27);3-10,13H,1-2,11-12H2,(H,22,25). The van der Waals surface area contributed by atoms with Gasteiger partial charge in [-0.05, 0) is 181 Å². The molecule has 278 valence electrons. The largest absolute Gasteiger partial charge is 0.385 e. The third-order valence-electron chi connectivity index (χ3n) is 8.96. The van der Waals surface area contributed by atoms with E-state index in [2.05, 4.69) is 85.2 Å². The van der Waals surface area contributed by atoms with E-state index >= 15 is 0 Å². The Bertz CT molecular complexity index is 2040. The van der Waals surface area contributed by atoms with Crippen LogP contribution in [-0.4, -0.2) is 68.8 Å². The van der Waals surface area contributed by atoms with Gasteiger partial charge in [-0.3, -0.25) is 30.0 Å². The van der Waals surface area contributed by atoms with E-state index in [9.17, 15) is 19.2 Å². The van der Waals surface area contributed by atoms with Crippen LogP contribution in [0.15, 0.2) is 108 Å². The number of rotatable bonds is 10. The second kappa shape index (κ2) is 18.1. The zero-order valence-corrected chi connectivity index (χ0v) is 34.3. The molecule has 3 fully saturated rings. The van der Waals surface area contributed by atoms with Crippen LogP contribution in [0.3, 0.4) is 0 Å². The maximum Gasteiger partial charge on any atom is 0.282 e. The zero-order valence-electron chi connectivity index (χ0n) is 30.0. The van der Waals surface area contributed by atoms with Crippen molar-refractivity contribution in [2.24, 2.45) is 0 Å². The Labute approximate surface area is 342 Å². The number of nitrogens with zero attached hydrogens (tertiary/aromatic N) is 4. The van der Waals surface area contributed by atoms with Gasteiger partial charge in [-0.25, -0.2) is 10.0 Å². The first-order valence-electron chi connectivity index (χ1n) is 17.6. The number of hydrazine groups is 2. The highest BCUT2D eigenvalue weighted by molar-refractivity contribution is 14.1. The SMILES string of the molecule is CN(C)CCCNc1ccc(C=C2C(=O)NN(c3ccc(I)cc3)C2=O)cc1.O=C1NN(c2ccc(I)cc2)C(=O)C1=Cc1ccc(N2CCCC2)cc1. The molecule has 13 heteroatoms. The molecule has 3 aliphatic heterocycles. The molecule has 0 aromatic heterocycles. The van der Waals surface area contributed by atoms with Crippen molar-refractivity contribution < 1.29 is 19.2 Å². The van der Waals surface area contributed by atoms with Gasteiger partial charge in [0.1, 0.15) is 11.1 Å². The third-order valence-corrected chi connectivity index (χ3v) is 10.4. The molecule has 11 nitrogen and oxygen atoms in total. The topological polar surface area (TPSA) is 117 Å². The van der Waals surface area contributed by atoms with Gasteiger partial charge >= 0.3 is 0 Å². The number of benzene rings is 4. The molecule has 0 bridgehead atoms. The molecule has 0 spiro atoms. The molecule has 0 unspecified atom stereocenters. The minimum Gasteiger partial charge on any atom is -0.385 e. The quantitative estimate of drug-likeness (QED) is 0.0723. The fraction of sp³-hybridized carbons (Fsp3) is 0.220. The molecule has 7 rings (SSSR count). The van der Waals surface area contributed by atoms with Gasteiger partial charge in [0, 0.05) is 38.1 Å². The van der Waals surface area contributed by atoms with Crippen molar-refractivity contribution in [1.29, 1.82) is 0 Å². The van der Waals surface area contributed by atoms with E-state index in [0.717, 1.165) is 56.6 Å². The maximum absolute atomic E-state index is 12.7. The number of halogens is 2. The lowest BCUT2D eigenvalue weighted by Gasteiger charge is -2.17. The van der Waals surface area contributed by atoms with Crippen LogP contribution in [-0.2, 0) is 19.2 Å². The van der Waals surface area contributed by atoms with Crippen LogP contribution in [0.25, 0.3) is 12.2 Å². The molecule has 0 aliphatic carbocycles. The lowest BCUT2D eigenvalue weighted by atomic mass is 10.1. The van der Waals surface area contributed by atoms with E-state index in [0.29, 0.717) is 11.4 Å². The molecule has 0 atom stereocenters. The fourth-order valence-electron chi connectivity index (χ4n) is 6.07. The molecule has 3 heterocycles. The van der Waals surface area contributed by atoms with E-state index in [-0.39, 0.29) is 28.9 Å². The summed E-state index contributed by atoms with van der Waals surface area (Å²) in [5.41, 5.74) is 10.7. The number of anilines is 4. The number of hydrogen-bond donors (Lipinski definition) is 3. The van der Waals surface area contributed by atoms with Crippen molar-refractivity contribution in [3.8, 4) is 0 Å². The Balaban J connectivity index is 0.000000185. The molecule has 3 saturated heterocycles. The average molecular weight is 950 g/mol. The van der Waals surface area contributed by atoms with Crippen LogP contribution in [0.2, 0.25) is 0 Å². The second-order valence-corrected chi connectivity index (χ2v) is 15.7. The molecule has 4 amide bonds. The highest BCUT2D eigenvalue weighted by atomic mass is 127.